The first kappa shape index (κ1) is 21.3. The minimum Gasteiger partial charge on any atom is -0.497 e. The second-order valence-corrected chi connectivity index (χ2v) is 6.88. The van der Waals surface area contributed by atoms with Crippen LogP contribution in [0.5, 0.6) is 11.5 Å². The van der Waals surface area contributed by atoms with E-state index in [0.717, 1.165) is 36.0 Å². The van der Waals surface area contributed by atoms with Crippen LogP contribution in [0.2, 0.25) is 0 Å². The molecule has 0 saturated carbocycles. The fraction of sp³-hybridized carbons (Fsp3) is 0.650. The molecule has 27 heavy (non-hydrogen) atoms. The van der Waals surface area contributed by atoms with Crippen molar-refractivity contribution in [3.8, 4) is 11.5 Å². The third-order valence-corrected chi connectivity index (χ3v) is 4.95. The average Bonchev–Trinajstić information content (AvgIpc) is 2.71. The first-order valence-electron chi connectivity index (χ1n) is 9.72. The molecule has 1 aromatic carbocycles. The number of nitrogens with one attached hydrogen (secondary N) is 2. The number of benzene rings is 1. The Morgan fingerprint density at radius 1 is 1.07 bits per heavy atom. The summed E-state index contributed by atoms with van der Waals surface area (Å²) < 4.78 is 10.7. The van der Waals surface area contributed by atoms with Gasteiger partial charge in [0, 0.05) is 57.9 Å². The summed E-state index contributed by atoms with van der Waals surface area (Å²) in [7, 11) is 7.32. The Labute approximate surface area is 163 Å². The fourth-order valence-electron chi connectivity index (χ4n) is 3.14. The van der Waals surface area contributed by atoms with Gasteiger partial charge >= 0.3 is 0 Å². The summed E-state index contributed by atoms with van der Waals surface area (Å²) in [5.41, 5.74) is 1.07. The number of aliphatic imine (C=N–C) groups is 1. The van der Waals surface area contributed by atoms with Gasteiger partial charge in [-0.05, 0) is 38.6 Å². The molecular formula is C20H35N5O2. The molecule has 7 heteroatoms. The second kappa shape index (κ2) is 11.7. The lowest BCUT2D eigenvalue weighted by atomic mass is 10.2. The van der Waals surface area contributed by atoms with E-state index in [2.05, 4.69) is 32.5 Å². The standard InChI is InChI=1S/C20H35N5O2/c1-21-20(22-9-5-6-10-25-13-11-24(2)12-14-25)23-16-17-7-8-18(26-3)15-19(17)27-4/h7-8,15H,5-6,9-14,16H2,1-4H3,(H2,21,22,23). The molecule has 1 heterocycles. The highest BCUT2D eigenvalue weighted by Crippen LogP contribution is 2.24. The highest BCUT2D eigenvalue weighted by Gasteiger charge is 2.12. The first-order chi connectivity index (χ1) is 13.2. The maximum absolute atomic E-state index is 5.44. The third kappa shape index (κ3) is 7.27. The van der Waals surface area contributed by atoms with Crippen LogP contribution in [0.1, 0.15) is 18.4 Å². The highest BCUT2D eigenvalue weighted by molar-refractivity contribution is 5.79. The molecule has 7 nitrogen and oxygen atoms in total. The second-order valence-electron chi connectivity index (χ2n) is 6.88. The van der Waals surface area contributed by atoms with E-state index < -0.39 is 0 Å². The first-order valence-corrected chi connectivity index (χ1v) is 9.72. The minimum atomic E-state index is 0.647. The number of piperazine rings is 1. The number of ether oxygens (including phenoxy) is 2. The van der Waals surface area contributed by atoms with Gasteiger partial charge in [-0.25, -0.2) is 0 Å². The molecule has 2 N–H and O–H groups in total. The molecule has 0 amide bonds. The number of rotatable bonds is 9. The molecule has 0 bridgehead atoms. The van der Waals surface area contributed by atoms with Crippen molar-refractivity contribution in [1.29, 1.82) is 0 Å². The van der Waals surface area contributed by atoms with Crippen molar-refractivity contribution in [3.05, 3.63) is 23.8 Å². The van der Waals surface area contributed by atoms with Crippen LogP contribution in [0, 0.1) is 0 Å². The van der Waals surface area contributed by atoms with Crippen molar-refractivity contribution in [2.75, 3.05) is 67.6 Å². The SMILES string of the molecule is CN=C(NCCCCN1CCN(C)CC1)NCc1ccc(OC)cc1OC. The van der Waals surface area contributed by atoms with Gasteiger partial charge < -0.3 is 29.9 Å². The Bertz CT molecular complexity index is 586. The summed E-state index contributed by atoms with van der Waals surface area (Å²) in [4.78, 5) is 9.25. The summed E-state index contributed by atoms with van der Waals surface area (Å²) in [6.45, 7) is 7.51. The van der Waals surface area contributed by atoms with Gasteiger partial charge in [-0.3, -0.25) is 4.99 Å². The molecule has 1 saturated heterocycles. The number of hydrogen-bond donors (Lipinski definition) is 2. The smallest absolute Gasteiger partial charge is 0.191 e. The van der Waals surface area contributed by atoms with Crippen molar-refractivity contribution in [3.63, 3.8) is 0 Å². The fourth-order valence-corrected chi connectivity index (χ4v) is 3.14. The van der Waals surface area contributed by atoms with Gasteiger partial charge in [0.25, 0.3) is 0 Å². The van der Waals surface area contributed by atoms with Crippen LogP contribution >= 0.6 is 0 Å². The van der Waals surface area contributed by atoms with Crippen molar-refractivity contribution in [2.45, 2.75) is 19.4 Å². The molecular weight excluding hydrogens is 342 g/mol. The molecule has 2 rings (SSSR count). The van der Waals surface area contributed by atoms with Crippen LogP contribution in [-0.4, -0.2) is 83.3 Å². The Morgan fingerprint density at radius 2 is 1.85 bits per heavy atom. The van der Waals surface area contributed by atoms with E-state index >= 15 is 0 Å². The lowest BCUT2D eigenvalue weighted by molar-refractivity contribution is 0.152. The molecule has 152 valence electrons. The molecule has 0 aromatic heterocycles. The van der Waals surface area contributed by atoms with E-state index in [1.54, 1.807) is 21.3 Å². The van der Waals surface area contributed by atoms with Crippen LogP contribution in [0.3, 0.4) is 0 Å². The number of guanidine groups is 1. The molecule has 0 spiro atoms. The maximum atomic E-state index is 5.44. The largest absolute Gasteiger partial charge is 0.497 e. The van der Waals surface area contributed by atoms with E-state index in [1.165, 1.54) is 39.1 Å². The number of likely N-dealkylation sites (N-methyl/N-ethyl adjacent to an activating group) is 1. The van der Waals surface area contributed by atoms with E-state index in [-0.39, 0.29) is 0 Å². The number of nitrogens with zero attached hydrogens (tertiary/aromatic N) is 3. The Balaban J connectivity index is 1.66. The van der Waals surface area contributed by atoms with E-state index in [1.807, 2.05) is 18.2 Å². The number of methoxy groups -OCH3 is 2. The zero-order valence-corrected chi connectivity index (χ0v) is 17.3. The highest BCUT2D eigenvalue weighted by atomic mass is 16.5. The molecule has 1 aliphatic rings. The molecule has 0 atom stereocenters. The Morgan fingerprint density at radius 3 is 2.52 bits per heavy atom. The zero-order chi connectivity index (χ0) is 19.5. The zero-order valence-electron chi connectivity index (χ0n) is 17.3. The summed E-state index contributed by atoms with van der Waals surface area (Å²) in [5.74, 6) is 2.41. The summed E-state index contributed by atoms with van der Waals surface area (Å²) in [6, 6.07) is 5.84. The Hall–Kier alpha value is -1.99. The van der Waals surface area contributed by atoms with Gasteiger partial charge in [-0.2, -0.15) is 0 Å². The predicted molar refractivity (Wildman–Crippen MR) is 111 cm³/mol. The lowest BCUT2D eigenvalue weighted by Gasteiger charge is -2.32. The van der Waals surface area contributed by atoms with Crippen LogP contribution < -0.4 is 20.1 Å². The van der Waals surface area contributed by atoms with Gasteiger partial charge in [-0.15, -0.1) is 0 Å². The van der Waals surface area contributed by atoms with Gasteiger partial charge in [-0.1, -0.05) is 0 Å². The van der Waals surface area contributed by atoms with Crippen LogP contribution in [0.25, 0.3) is 0 Å². The number of unbranched alkanes of at least 4 members (excludes halogenated alkanes) is 1. The van der Waals surface area contributed by atoms with Crippen molar-refractivity contribution in [1.82, 2.24) is 20.4 Å². The number of hydrogen-bond acceptors (Lipinski definition) is 5. The van der Waals surface area contributed by atoms with Gasteiger partial charge in [0.1, 0.15) is 11.5 Å². The predicted octanol–water partition coefficient (Wildman–Crippen LogP) is 1.40. The van der Waals surface area contributed by atoms with E-state index in [0.29, 0.717) is 6.54 Å². The topological polar surface area (TPSA) is 61.4 Å². The normalized spacial score (nSPS) is 16.2. The molecule has 0 unspecified atom stereocenters. The summed E-state index contributed by atoms with van der Waals surface area (Å²) in [5, 5.41) is 6.74. The van der Waals surface area contributed by atoms with Crippen LogP contribution in [0.15, 0.2) is 23.2 Å². The van der Waals surface area contributed by atoms with Gasteiger partial charge in [0.15, 0.2) is 5.96 Å². The molecule has 0 aliphatic carbocycles. The molecule has 0 radical (unpaired) electrons. The monoisotopic (exact) mass is 377 g/mol. The Kier molecular flexibility index (Phi) is 9.21. The quantitative estimate of drug-likeness (QED) is 0.385. The minimum absolute atomic E-state index is 0.647. The molecule has 1 fully saturated rings. The van der Waals surface area contributed by atoms with E-state index in [9.17, 15) is 0 Å². The molecule has 1 aromatic rings. The molecule has 1 aliphatic heterocycles. The van der Waals surface area contributed by atoms with Gasteiger partial charge in [0.2, 0.25) is 0 Å². The van der Waals surface area contributed by atoms with Crippen molar-refractivity contribution < 1.29 is 9.47 Å². The summed E-state index contributed by atoms with van der Waals surface area (Å²) in [6.07, 6.45) is 2.35. The van der Waals surface area contributed by atoms with Crippen LogP contribution in [-0.2, 0) is 6.54 Å². The summed E-state index contributed by atoms with van der Waals surface area (Å²) >= 11 is 0. The lowest BCUT2D eigenvalue weighted by Crippen LogP contribution is -2.44. The van der Waals surface area contributed by atoms with Gasteiger partial charge in [0.05, 0.1) is 14.2 Å². The average molecular weight is 378 g/mol. The van der Waals surface area contributed by atoms with Crippen molar-refractivity contribution >= 4 is 5.96 Å². The van der Waals surface area contributed by atoms with E-state index in [4.69, 9.17) is 9.47 Å². The maximum Gasteiger partial charge on any atom is 0.191 e. The van der Waals surface area contributed by atoms with Crippen LogP contribution in [0.4, 0.5) is 0 Å². The third-order valence-electron chi connectivity index (χ3n) is 4.95. The van der Waals surface area contributed by atoms with Crippen molar-refractivity contribution in [2.24, 2.45) is 4.99 Å².